The van der Waals surface area contributed by atoms with Gasteiger partial charge in [0, 0.05) is 44.8 Å². The number of aliphatic hydroxyl groups is 1. The van der Waals surface area contributed by atoms with Crippen LogP contribution in [0.25, 0.3) is 0 Å². The van der Waals surface area contributed by atoms with E-state index in [2.05, 4.69) is 106 Å². The first-order chi connectivity index (χ1) is 68.7. The zero-order valence-electron chi connectivity index (χ0n) is 86.8. The molecule has 19 amide bonds. The first-order valence-electron chi connectivity index (χ1n) is 49.5. The van der Waals surface area contributed by atoms with Gasteiger partial charge in [0.25, 0.3) is 0 Å². The minimum atomic E-state index is -1.79. The molecule has 0 spiro atoms. The number of aromatic amines is 1. The largest absolute Gasteiger partial charge is 0.481 e. The minimum Gasteiger partial charge on any atom is -0.481 e. The van der Waals surface area contributed by atoms with E-state index >= 15 is 0 Å². The van der Waals surface area contributed by atoms with Crippen molar-refractivity contribution < 1.29 is 146 Å². The summed E-state index contributed by atoms with van der Waals surface area (Å²) in [6, 6.07) is -25.8. The lowest BCUT2D eigenvalue weighted by atomic mass is 10.00. The number of hydrogen-bond donors (Lipinski definition) is 27. The number of nitrogens with two attached hydrogens (primary N) is 2. The zero-order valence-corrected chi connectivity index (χ0v) is 86.8. The average molecular weight is 2090 g/mol. The molecule has 2 rings (SSSR count). The van der Waals surface area contributed by atoms with Gasteiger partial charge in [-0.1, -0.05) is 111 Å². The number of hydrogen-bond acceptors (Lipinski definition) is 28. The molecule has 0 saturated carbocycles. The number of carbonyl (C=O) groups is 24. The number of rotatable bonds is 70. The Labute approximate surface area is 853 Å². The molecule has 0 aliphatic carbocycles. The first-order valence-corrected chi connectivity index (χ1v) is 49.5. The third-order valence-corrected chi connectivity index (χ3v) is 23.2. The quantitative estimate of drug-likeness (QED) is 0.0271. The van der Waals surface area contributed by atoms with E-state index in [0.717, 1.165) is 0 Å². The van der Waals surface area contributed by atoms with Gasteiger partial charge in [-0.3, -0.25) is 110 Å². The Hall–Kier alpha value is -13.6. The molecule has 1 aliphatic rings. The summed E-state index contributed by atoms with van der Waals surface area (Å²) in [6.07, 6.45) is -2.40. The number of imidazole rings is 1. The lowest BCUT2D eigenvalue weighted by Crippen LogP contribution is -2.61. The van der Waals surface area contributed by atoms with Crippen molar-refractivity contribution in [3.8, 4) is 0 Å². The van der Waals surface area contributed by atoms with Crippen molar-refractivity contribution in [3.63, 3.8) is 0 Å². The number of nitrogens with one attached hydrogen (secondary N) is 19. The molecular weight excluding hydrogens is 1930 g/mol. The molecular formula is C94H157N23O30. The summed E-state index contributed by atoms with van der Waals surface area (Å²) >= 11 is 0. The Morgan fingerprint density at radius 1 is 0.354 bits per heavy atom. The second kappa shape index (κ2) is 65.8. The molecule has 53 nitrogen and oxygen atoms in total. The maximum atomic E-state index is 14.8. The van der Waals surface area contributed by atoms with Crippen LogP contribution in [0.1, 0.15) is 239 Å². The van der Waals surface area contributed by atoms with Crippen molar-refractivity contribution in [2.24, 2.45) is 58.8 Å². The van der Waals surface area contributed by atoms with Gasteiger partial charge in [-0.2, -0.15) is 0 Å². The number of nitrogens with zero attached hydrogens (tertiary/aromatic N) is 2. The number of H-pyrrole nitrogens is 1. The van der Waals surface area contributed by atoms with Gasteiger partial charge >= 0.3 is 29.8 Å². The second-order valence-electron chi connectivity index (χ2n) is 39.6. The SMILES string of the molecule is CC(C)C[C@H](NC(=O)[C@H](CCC(=O)O)NC(=O)[C@H](CC(C)C)NC(=O)CNC(=O)[C@H](CC(C)C)NC(=O)[C@H](C)NC(=O)[C@H](CC(C)C)NC(=O)[C@H](CCC(=O)O)NC(=O)[C@H](Cc1c[nH]cn1)NC(=O)[C@@H](NC(=O)[C@H](CCCCN)NC(=O)[C@H](CCC(=O)O)NC(=O)[C@@H](NC(=O)CNC(=O)[C@H](CC(C)C)NC(=O)[C@@H]1CCCN1C(=O)[C@@H](NC(=O)[C@H](CCC(=O)O)NC(=O)[C@H](CO)NC(=O)CN)C(C)C)C(C)C)C(C)C)C(=O)O. The van der Waals surface area contributed by atoms with E-state index < -0.39 is 347 Å². The topological polar surface area (TPSA) is 832 Å². The molecule has 147 heavy (non-hydrogen) atoms. The third-order valence-electron chi connectivity index (χ3n) is 23.2. The Kier molecular flexibility index (Phi) is 57.9. The predicted octanol–water partition coefficient (Wildman–Crippen LogP) is -5.23. The second-order valence-corrected chi connectivity index (χ2v) is 39.6. The van der Waals surface area contributed by atoms with E-state index in [0.29, 0.717) is 0 Å². The van der Waals surface area contributed by atoms with Crippen LogP contribution in [0, 0.1) is 47.3 Å². The van der Waals surface area contributed by atoms with Gasteiger partial charge in [0.05, 0.1) is 38.3 Å². The fraction of sp³-hybridized carbons (Fsp3) is 0.713. The zero-order chi connectivity index (χ0) is 112. The van der Waals surface area contributed by atoms with Crippen LogP contribution >= 0.6 is 0 Å². The molecule has 0 aromatic carbocycles. The number of unbranched alkanes of at least 4 members (excludes halogenated alkanes) is 1. The molecule has 0 bridgehead atoms. The van der Waals surface area contributed by atoms with Crippen LogP contribution < -0.4 is 107 Å². The van der Waals surface area contributed by atoms with Gasteiger partial charge in [-0.25, -0.2) is 9.78 Å². The Bertz CT molecular complexity index is 4630. The molecule has 1 aromatic rings. The lowest BCUT2D eigenvalue weighted by Gasteiger charge is -2.32. The molecule has 0 unspecified atom stereocenters. The highest BCUT2D eigenvalue weighted by molar-refractivity contribution is 6.02. The van der Waals surface area contributed by atoms with Gasteiger partial charge < -0.3 is 148 Å². The highest BCUT2D eigenvalue weighted by Gasteiger charge is 2.44. The highest BCUT2D eigenvalue weighted by atomic mass is 16.4. The standard InChI is InChI=1S/C94H157N23O30/c1-45(2)33-60(79(131)98-41-69(120)102-62(35-47(5)6)87(139)105-57(24-28-72(124)125)83(135)113-65(94(146)147)37-49(9)10)109-78(130)53(17)101-86(138)63(36-48(7)8)110-82(134)56(23-27-71(122)123)106-88(140)64(38-54-40-97-44-100-54)112-92(144)76(51(13)14)115-84(136)55(21-18-19-31-95)104-81(133)58(25-29-73(126)127)108-91(143)75(50(11)12)114-70(121)42-99-80(132)61(34-46(3)4)111-90(142)67-22-20-32-117(67)93(145)77(52(15)16)116-85(137)59(26-30-74(128)129)107-89(141)66(43-118)103-68(119)39-96/h40,44-53,55-67,75-77,118H,18-39,41-43,95-96H2,1-17H3,(H,97,100)(H,98,131)(H,99,132)(H,101,138)(H,102,120)(H,103,119)(H,104,133)(H,105,139)(H,106,140)(H,107,141)(H,108,143)(H,109,130)(H,110,134)(H,111,142)(H,112,144)(H,113,135)(H,114,121)(H,115,136)(H,116,137)(H,122,123)(H,124,125)(H,126,127)(H,128,129)(H,146,147)/t53-,55-,56-,57-,58-,59-,60-,61-,62-,63-,64-,65-,66-,67-,75-,76-,77-/m0/s1. The van der Waals surface area contributed by atoms with E-state index in [1.165, 1.54) is 52.0 Å². The number of amides is 19. The third kappa shape index (κ3) is 49.0. The molecule has 1 saturated heterocycles. The van der Waals surface area contributed by atoms with Gasteiger partial charge in [0.2, 0.25) is 112 Å². The summed E-state index contributed by atoms with van der Waals surface area (Å²) in [5, 5.41) is 103. The monoisotopic (exact) mass is 2090 g/mol. The van der Waals surface area contributed by atoms with Crippen LogP contribution in [0.4, 0.5) is 0 Å². The smallest absolute Gasteiger partial charge is 0.326 e. The molecule has 1 aliphatic heterocycles. The van der Waals surface area contributed by atoms with Gasteiger partial charge in [0.15, 0.2) is 0 Å². The summed E-state index contributed by atoms with van der Waals surface area (Å²) in [5.74, 6) is -29.1. The molecule has 2 heterocycles. The average Bonchev–Trinajstić information content (AvgIpc) is 1.69. The first kappa shape index (κ1) is 129. The number of aliphatic hydroxyl groups excluding tert-OH is 1. The predicted molar refractivity (Wildman–Crippen MR) is 526 cm³/mol. The summed E-state index contributed by atoms with van der Waals surface area (Å²) in [6.45, 7) is 24.5. The molecule has 1 fully saturated rings. The van der Waals surface area contributed by atoms with Crippen molar-refractivity contribution in [2.45, 2.75) is 342 Å². The molecule has 53 heteroatoms. The molecule has 828 valence electrons. The van der Waals surface area contributed by atoms with Crippen LogP contribution in [-0.4, -0.2) is 330 Å². The van der Waals surface area contributed by atoms with Crippen LogP contribution in [0.3, 0.4) is 0 Å². The number of carboxylic acids is 5. The van der Waals surface area contributed by atoms with Crippen LogP contribution in [0.15, 0.2) is 12.5 Å². The number of aromatic nitrogens is 2. The van der Waals surface area contributed by atoms with Crippen molar-refractivity contribution in [3.05, 3.63) is 18.2 Å². The Morgan fingerprint density at radius 3 is 1.07 bits per heavy atom. The fourth-order valence-corrected chi connectivity index (χ4v) is 15.4. The van der Waals surface area contributed by atoms with Crippen molar-refractivity contribution in [1.82, 2.24) is 111 Å². The maximum Gasteiger partial charge on any atom is 0.326 e. The van der Waals surface area contributed by atoms with Crippen LogP contribution in [-0.2, 0) is 121 Å². The van der Waals surface area contributed by atoms with E-state index in [4.69, 9.17) is 11.5 Å². The summed E-state index contributed by atoms with van der Waals surface area (Å²) in [7, 11) is 0. The van der Waals surface area contributed by atoms with Crippen LogP contribution in [0.2, 0.25) is 0 Å². The fourth-order valence-electron chi connectivity index (χ4n) is 15.4. The van der Waals surface area contributed by atoms with Gasteiger partial charge in [-0.15, -0.1) is 0 Å². The van der Waals surface area contributed by atoms with Crippen molar-refractivity contribution in [2.75, 3.05) is 39.3 Å². The summed E-state index contributed by atoms with van der Waals surface area (Å²) in [5.41, 5.74) is 11.3. The van der Waals surface area contributed by atoms with E-state index in [1.54, 1.807) is 83.1 Å². The Balaban J connectivity index is 2.43. The normalized spacial score (nSPS) is 15.7. The number of carbonyl (C=O) groups excluding carboxylic acids is 19. The van der Waals surface area contributed by atoms with E-state index in [1.807, 2.05) is 0 Å². The lowest BCUT2D eigenvalue weighted by molar-refractivity contribution is -0.143. The van der Waals surface area contributed by atoms with Crippen LogP contribution in [0.5, 0.6) is 0 Å². The summed E-state index contributed by atoms with van der Waals surface area (Å²) < 4.78 is 0. The highest BCUT2D eigenvalue weighted by Crippen LogP contribution is 2.24. The molecule has 29 N–H and O–H groups in total. The number of aliphatic carboxylic acids is 5. The minimum absolute atomic E-state index is 0.00242. The molecule has 0 radical (unpaired) electrons. The molecule has 1 aromatic heterocycles. The number of carboxylic acid groups (broad SMARTS) is 5. The summed E-state index contributed by atoms with van der Waals surface area (Å²) in [4.78, 5) is 334. The van der Waals surface area contributed by atoms with E-state index in [-0.39, 0.29) is 113 Å². The van der Waals surface area contributed by atoms with Crippen molar-refractivity contribution >= 4 is 142 Å². The van der Waals surface area contributed by atoms with E-state index in [9.17, 15) is 146 Å². The van der Waals surface area contributed by atoms with Crippen molar-refractivity contribution in [1.29, 1.82) is 0 Å². The maximum absolute atomic E-state index is 14.8. The molecule has 17 atom stereocenters. The van der Waals surface area contributed by atoms with Gasteiger partial charge in [0.1, 0.15) is 103 Å². The van der Waals surface area contributed by atoms with Gasteiger partial charge in [-0.05, 0) is 151 Å². The Morgan fingerprint density at radius 2 is 0.680 bits per heavy atom. The number of likely N-dealkylation sites (tertiary alicyclic amines) is 1.